The number of aryl methyl sites for hydroxylation is 2. The Hall–Kier alpha value is -1.92. The van der Waals surface area contributed by atoms with E-state index in [1.807, 2.05) is 16.5 Å². The molecule has 1 fully saturated rings. The first-order valence-electron chi connectivity index (χ1n) is 9.19. The second-order valence-electron chi connectivity index (χ2n) is 7.14. The number of amides is 1. The summed E-state index contributed by atoms with van der Waals surface area (Å²) in [7, 11) is 0. The molecule has 2 aliphatic heterocycles. The third kappa shape index (κ3) is 3.35. The van der Waals surface area contributed by atoms with E-state index in [9.17, 15) is 4.79 Å². The molecule has 6 nitrogen and oxygen atoms in total. The van der Waals surface area contributed by atoms with Gasteiger partial charge in [0.2, 0.25) is 0 Å². The largest absolute Gasteiger partial charge is 0.317 e. The number of rotatable bonds is 2. The third-order valence-electron chi connectivity index (χ3n) is 5.39. The van der Waals surface area contributed by atoms with Crippen molar-refractivity contribution < 1.29 is 4.79 Å². The maximum absolute atomic E-state index is 13.2. The molecule has 0 bridgehead atoms. The van der Waals surface area contributed by atoms with Gasteiger partial charge < -0.3 is 10.2 Å². The maximum atomic E-state index is 13.2. The van der Waals surface area contributed by atoms with Crippen molar-refractivity contribution in [1.29, 1.82) is 0 Å². The molecule has 7 heteroatoms. The van der Waals surface area contributed by atoms with Crippen LogP contribution >= 0.6 is 12.4 Å². The van der Waals surface area contributed by atoms with Gasteiger partial charge in [-0.2, -0.15) is 0 Å². The van der Waals surface area contributed by atoms with Gasteiger partial charge in [0.05, 0.1) is 11.7 Å². The van der Waals surface area contributed by atoms with E-state index in [-0.39, 0.29) is 18.3 Å². The highest BCUT2D eigenvalue weighted by Crippen LogP contribution is 2.30. The van der Waals surface area contributed by atoms with Gasteiger partial charge in [0, 0.05) is 12.2 Å². The summed E-state index contributed by atoms with van der Waals surface area (Å²) in [5.41, 5.74) is 4.83. The Kier molecular flexibility index (Phi) is 5.63. The number of hydrogen-bond acceptors (Lipinski definition) is 4. The average molecular weight is 376 g/mol. The Balaban J connectivity index is 0.00000196. The fourth-order valence-electron chi connectivity index (χ4n) is 3.96. The monoisotopic (exact) mass is 375 g/mol. The van der Waals surface area contributed by atoms with E-state index < -0.39 is 0 Å². The van der Waals surface area contributed by atoms with Crippen molar-refractivity contribution in [2.75, 3.05) is 24.5 Å². The molecule has 0 spiro atoms. The maximum Gasteiger partial charge on any atom is 0.280 e. The number of hydrogen-bond donors (Lipinski definition) is 1. The molecule has 1 N–H and O–H groups in total. The summed E-state index contributed by atoms with van der Waals surface area (Å²) in [6, 6.07) is 6.71. The van der Waals surface area contributed by atoms with E-state index in [0.717, 1.165) is 56.7 Å². The van der Waals surface area contributed by atoms with E-state index >= 15 is 0 Å². The second kappa shape index (κ2) is 7.76. The Morgan fingerprint density at radius 2 is 2.00 bits per heavy atom. The Morgan fingerprint density at radius 1 is 1.23 bits per heavy atom. The van der Waals surface area contributed by atoms with Crippen LogP contribution in [0.3, 0.4) is 0 Å². The number of aromatic nitrogens is 3. The molecule has 2 aromatic rings. The summed E-state index contributed by atoms with van der Waals surface area (Å²) in [5, 5.41) is 11.9. The number of anilines is 1. The first-order valence-corrected chi connectivity index (χ1v) is 9.19. The van der Waals surface area contributed by atoms with Gasteiger partial charge in [-0.25, -0.2) is 4.68 Å². The van der Waals surface area contributed by atoms with Crippen LogP contribution in [0, 0.1) is 13.8 Å². The summed E-state index contributed by atoms with van der Waals surface area (Å²) in [6.45, 7) is 6.76. The van der Waals surface area contributed by atoms with Crippen LogP contribution in [0.15, 0.2) is 18.2 Å². The Labute approximate surface area is 160 Å². The number of halogens is 1. The molecule has 0 radical (unpaired) electrons. The number of carbonyl (C=O) groups excluding carboxylic acids is 1. The SMILES string of the molecule is Cc1ccc2c(c1)N(C(=O)c1nnn(C3CCNCC3)c1C)CCC2.Cl. The van der Waals surface area contributed by atoms with E-state index in [1.54, 1.807) is 0 Å². The van der Waals surface area contributed by atoms with Crippen LogP contribution in [-0.4, -0.2) is 40.5 Å². The van der Waals surface area contributed by atoms with Crippen LogP contribution in [0.5, 0.6) is 0 Å². The van der Waals surface area contributed by atoms with Crippen LogP contribution in [0.2, 0.25) is 0 Å². The van der Waals surface area contributed by atoms with Crippen molar-refractivity contribution in [3.8, 4) is 0 Å². The zero-order valence-electron chi connectivity index (χ0n) is 15.4. The quantitative estimate of drug-likeness (QED) is 0.876. The zero-order chi connectivity index (χ0) is 17.4. The standard InChI is InChI=1S/C19H25N5O.ClH/c1-13-5-6-15-4-3-11-23(17(15)12-13)19(25)18-14(2)24(22-21-18)16-7-9-20-10-8-16;/h5-6,12,16,20H,3-4,7-11H2,1-2H3;1H. The van der Waals surface area contributed by atoms with E-state index in [4.69, 9.17) is 0 Å². The molecule has 1 aromatic carbocycles. The van der Waals surface area contributed by atoms with Gasteiger partial charge in [-0.1, -0.05) is 17.3 Å². The number of fused-ring (bicyclic) bond motifs is 1. The summed E-state index contributed by atoms with van der Waals surface area (Å²) in [5.74, 6) is -0.0239. The number of nitrogens with one attached hydrogen (secondary N) is 1. The van der Waals surface area contributed by atoms with Gasteiger partial charge >= 0.3 is 0 Å². The van der Waals surface area contributed by atoms with Gasteiger partial charge in [-0.05, 0) is 69.8 Å². The lowest BCUT2D eigenvalue weighted by atomic mass is 9.99. The van der Waals surface area contributed by atoms with Crippen LogP contribution in [0.1, 0.15) is 52.6 Å². The van der Waals surface area contributed by atoms with Crippen molar-refractivity contribution in [3.05, 3.63) is 40.7 Å². The lowest BCUT2D eigenvalue weighted by molar-refractivity contribution is 0.0979. The van der Waals surface area contributed by atoms with Gasteiger partial charge in [-0.15, -0.1) is 17.5 Å². The van der Waals surface area contributed by atoms with Crippen LogP contribution in [0.4, 0.5) is 5.69 Å². The average Bonchev–Trinajstić information content (AvgIpc) is 3.03. The molecule has 1 amide bonds. The molecule has 0 saturated carbocycles. The zero-order valence-corrected chi connectivity index (χ0v) is 16.2. The van der Waals surface area contributed by atoms with E-state index in [1.165, 1.54) is 11.1 Å². The van der Waals surface area contributed by atoms with Gasteiger partial charge in [-0.3, -0.25) is 4.79 Å². The molecule has 0 atom stereocenters. The van der Waals surface area contributed by atoms with Crippen molar-refractivity contribution in [1.82, 2.24) is 20.3 Å². The molecule has 2 aliphatic rings. The number of nitrogens with zero attached hydrogens (tertiary/aromatic N) is 4. The van der Waals surface area contributed by atoms with Crippen molar-refractivity contribution in [2.45, 2.75) is 45.6 Å². The minimum Gasteiger partial charge on any atom is -0.317 e. The first kappa shape index (κ1) is 18.9. The first-order chi connectivity index (χ1) is 12.1. The van der Waals surface area contributed by atoms with E-state index in [2.05, 4.69) is 40.8 Å². The molecule has 1 aromatic heterocycles. The number of carbonyl (C=O) groups is 1. The van der Waals surface area contributed by atoms with Crippen LogP contribution < -0.4 is 10.2 Å². The predicted molar refractivity (Wildman–Crippen MR) is 104 cm³/mol. The van der Waals surface area contributed by atoms with Crippen molar-refractivity contribution in [3.63, 3.8) is 0 Å². The van der Waals surface area contributed by atoms with Crippen LogP contribution in [-0.2, 0) is 6.42 Å². The summed E-state index contributed by atoms with van der Waals surface area (Å²) in [4.78, 5) is 15.1. The number of benzene rings is 1. The molecule has 1 saturated heterocycles. The highest BCUT2D eigenvalue weighted by Gasteiger charge is 2.29. The van der Waals surface area contributed by atoms with Crippen molar-refractivity contribution in [2.24, 2.45) is 0 Å². The van der Waals surface area contributed by atoms with Gasteiger partial charge in [0.1, 0.15) is 0 Å². The smallest absolute Gasteiger partial charge is 0.280 e. The molecule has 26 heavy (non-hydrogen) atoms. The summed E-state index contributed by atoms with van der Waals surface area (Å²) < 4.78 is 1.95. The number of piperidine rings is 1. The highest BCUT2D eigenvalue weighted by molar-refractivity contribution is 6.06. The highest BCUT2D eigenvalue weighted by atomic mass is 35.5. The van der Waals surface area contributed by atoms with Gasteiger partial charge in [0.15, 0.2) is 5.69 Å². The fraction of sp³-hybridized carbons (Fsp3) is 0.526. The molecule has 140 valence electrons. The lowest BCUT2D eigenvalue weighted by Gasteiger charge is -2.29. The molecule has 4 rings (SSSR count). The van der Waals surface area contributed by atoms with Gasteiger partial charge in [0.25, 0.3) is 5.91 Å². The molecular formula is C19H26ClN5O. The molecule has 3 heterocycles. The third-order valence-corrected chi connectivity index (χ3v) is 5.39. The molecule has 0 aliphatic carbocycles. The topological polar surface area (TPSA) is 63.1 Å². The minimum atomic E-state index is -0.0239. The second-order valence-corrected chi connectivity index (χ2v) is 7.14. The Bertz CT molecular complexity index is 797. The van der Waals surface area contributed by atoms with E-state index in [0.29, 0.717) is 11.7 Å². The fourth-order valence-corrected chi connectivity index (χ4v) is 3.96. The molecule has 0 unspecified atom stereocenters. The predicted octanol–water partition coefficient (Wildman–Crippen LogP) is 2.83. The van der Waals surface area contributed by atoms with Crippen LogP contribution in [0.25, 0.3) is 0 Å². The summed E-state index contributed by atoms with van der Waals surface area (Å²) >= 11 is 0. The molecular weight excluding hydrogens is 350 g/mol. The van der Waals surface area contributed by atoms with Crippen molar-refractivity contribution >= 4 is 24.0 Å². The normalized spacial score (nSPS) is 17.5. The Morgan fingerprint density at radius 3 is 2.77 bits per heavy atom. The minimum absolute atomic E-state index is 0. The lowest BCUT2D eigenvalue weighted by Crippen LogP contribution is -2.36. The summed E-state index contributed by atoms with van der Waals surface area (Å²) in [6.07, 6.45) is 4.08.